The maximum atomic E-state index is 12.8. The average molecular weight is 418 g/mol. The molecule has 3 rings (SSSR count). The zero-order valence-corrected chi connectivity index (χ0v) is 15.5. The van der Waals surface area contributed by atoms with Crippen molar-refractivity contribution in [2.45, 2.75) is 31.9 Å². The second kappa shape index (κ2) is 8.02. The first-order chi connectivity index (χ1) is 12.7. The van der Waals surface area contributed by atoms with Crippen molar-refractivity contribution in [2.75, 3.05) is 11.1 Å². The molecule has 1 N–H and O–H groups in total. The van der Waals surface area contributed by atoms with E-state index in [1.54, 1.807) is 0 Å². The normalized spacial score (nSPS) is 19.9. The minimum Gasteiger partial charge on any atom is -0.324 e. The number of nitrogens with one attached hydrogen (secondary N) is 1. The predicted octanol–water partition coefficient (Wildman–Crippen LogP) is 5.19. The van der Waals surface area contributed by atoms with Crippen molar-refractivity contribution in [1.29, 1.82) is 0 Å². The molecule has 3 amide bonds. The second-order valence-corrected chi connectivity index (χ2v) is 7.57. The number of urea groups is 1. The Hall–Kier alpha value is -1.87. The number of hydrogen-bond acceptors (Lipinski definition) is 3. The minimum absolute atomic E-state index is 0.00762. The van der Waals surface area contributed by atoms with Gasteiger partial charge in [-0.2, -0.15) is 18.2 Å². The maximum Gasteiger partial charge on any atom is 0.416 e. The quantitative estimate of drug-likeness (QED) is 0.735. The monoisotopic (exact) mass is 417 g/mol. The first kappa shape index (κ1) is 19.9. The molecule has 1 aliphatic heterocycles. The Morgan fingerprint density at radius 1 is 1.30 bits per heavy atom. The standard InChI is InChI=1S/C17H15ClF3N3O2S/c18-11-6-5-9(17(19,20)21)7-13(11)22-14(25)8-27-15-10-3-1-2-4-12(10)23-16(26)24-15/h5-7,10H,1-4,8H2,(H,22,25). The van der Waals surface area contributed by atoms with Gasteiger partial charge in [0.1, 0.15) is 0 Å². The van der Waals surface area contributed by atoms with E-state index in [-0.39, 0.29) is 22.4 Å². The fourth-order valence-electron chi connectivity index (χ4n) is 2.97. The van der Waals surface area contributed by atoms with Crippen LogP contribution in [0.3, 0.4) is 0 Å². The number of halogens is 4. The molecule has 10 heteroatoms. The van der Waals surface area contributed by atoms with E-state index in [0.717, 1.165) is 61.4 Å². The maximum absolute atomic E-state index is 12.8. The lowest BCUT2D eigenvalue weighted by atomic mass is 9.87. The van der Waals surface area contributed by atoms with Crippen LogP contribution in [0.15, 0.2) is 28.2 Å². The number of thioether (sulfide) groups is 1. The highest BCUT2D eigenvalue weighted by atomic mass is 35.5. The molecule has 1 aliphatic carbocycles. The lowest BCUT2D eigenvalue weighted by molar-refractivity contribution is -0.137. The molecule has 0 aromatic heterocycles. The van der Waals surface area contributed by atoms with Crippen LogP contribution in [-0.2, 0) is 11.0 Å². The third kappa shape index (κ3) is 4.90. The zero-order chi connectivity index (χ0) is 19.6. The smallest absolute Gasteiger partial charge is 0.324 e. The number of carbonyl (C=O) groups excluding carboxylic acids is 2. The van der Waals surface area contributed by atoms with Crippen LogP contribution >= 0.6 is 23.4 Å². The Morgan fingerprint density at radius 3 is 2.81 bits per heavy atom. The van der Waals surface area contributed by atoms with Gasteiger partial charge in [0.15, 0.2) is 0 Å². The van der Waals surface area contributed by atoms with Gasteiger partial charge in [-0.15, -0.1) is 0 Å². The van der Waals surface area contributed by atoms with Gasteiger partial charge in [0.2, 0.25) is 5.91 Å². The summed E-state index contributed by atoms with van der Waals surface area (Å²) in [7, 11) is 0. The summed E-state index contributed by atoms with van der Waals surface area (Å²) in [6.45, 7) is 0. The molecule has 1 fully saturated rings. The van der Waals surface area contributed by atoms with Gasteiger partial charge >= 0.3 is 12.2 Å². The molecule has 1 atom stereocenters. The van der Waals surface area contributed by atoms with Crippen LogP contribution in [0.2, 0.25) is 5.02 Å². The molecule has 1 saturated carbocycles. The van der Waals surface area contributed by atoms with Crippen LogP contribution in [0, 0.1) is 5.92 Å². The van der Waals surface area contributed by atoms with Gasteiger partial charge in [-0.3, -0.25) is 4.79 Å². The molecule has 1 heterocycles. The Labute approximate surface area is 162 Å². The fourth-order valence-corrected chi connectivity index (χ4v) is 4.08. The highest BCUT2D eigenvalue weighted by Gasteiger charge is 2.32. The molecule has 1 unspecified atom stereocenters. The topological polar surface area (TPSA) is 70.9 Å². The van der Waals surface area contributed by atoms with E-state index >= 15 is 0 Å². The van der Waals surface area contributed by atoms with Crippen molar-refractivity contribution < 1.29 is 22.8 Å². The second-order valence-electron chi connectivity index (χ2n) is 6.16. The molecule has 27 heavy (non-hydrogen) atoms. The number of benzene rings is 1. The largest absolute Gasteiger partial charge is 0.416 e. The number of aliphatic imine (C=N–C) groups is 2. The van der Waals surface area contributed by atoms with Crippen LogP contribution < -0.4 is 5.32 Å². The molecular formula is C17H15ClF3N3O2S. The number of hydrogen-bond donors (Lipinski definition) is 1. The summed E-state index contributed by atoms with van der Waals surface area (Å²) in [5, 5.41) is 2.93. The van der Waals surface area contributed by atoms with Crippen molar-refractivity contribution in [1.82, 2.24) is 0 Å². The zero-order valence-electron chi connectivity index (χ0n) is 14.0. The van der Waals surface area contributed by atoms with Crippen LogP contribution in [-0.4, -0.2) is 28.4 Å². The molecule has 0 bridgehead atoms. The molecular weight excluding hydrogens is 403 g/mol. The van der Waals surface area contributed by atoms with Crippen LogP contribution in [0.4, 0.5) is 23.7 Å². The summed E-state index contributed by atoms with van der Waals surface area (Å²) in [4.78, 5) is 31.6. The van der Waals surface area contributed by atoms with Crippen LogP contribution in [0.1, 0.15) is 31.2 Å². The van der Waals surface area contributed by atoms with Gasteiger partial charge < -0.3 is 5.32 Å². The van der Waals surface area contributed by atoms with E-state index in [2.05, 4.69) is 15.3 Å². The summed E-state index contributed by atoms with van der Waals surface area (Å²) < 4.78 is 38.4. The Bertz CT molecular complexity index is 839. The van der Waals surface area contributed by atoms with Crippen molar-refractivity contribution in [3.63, 3.8) is 0 Å². The number of amides is 3. The van der Waals surface area contributed by atoms with E-state index in [0.29, 0.717) is 5.04 Å². The number of rotatable bonds is 3. The SMILES string of the molecule is O=C1N=C2CCCCC2C(SCC(=O)Nc2cc(C(F)(F)F)ccc2Cl)=N1. The van der Waals surface area contributed by atoms with E-state index in [4.69, 9.17) is 11.6 Å². The van der Waals surface area contributed by atoms with Crippen molar-refractivity contribution in [2.24, 2.45) is 15.9 Å². The number of nitrogens with zero attached hydrogens (tertiary/aromatic N) is 2. The van der Waals surface area contributed by atoms with E-state index in [1.807, 2.05) is 0 Å². The van der Waals surface area contributed by atoms with Gasteiger partial charge in [0, 0.05) is 11.6 Å². The molecule has 1 aromatic rings. The van der Waals surface area contributed by atoms with Gasteiger partial charge in [0.05, 0.1) is 27.1 Å². The van der Waals surface area contributed by atoms with E-state index in [1.165, 1.54) is 0 Å². The molecule has 2 aliphatic rings. The highest BCUT2D eigenvalue weighted by molar-refractivity contribution is 8.14. The summed E-state index contributed by atoms with van der Waals surface area (Å²) in [6, 6.07) is 2.14. The number of fused-ring (bicyclic) bond motifs is 1. The molecule has 0 saturated heterocycles. The average Bonchev–Trinajstić information content (AvgIpc) is 2.60. The van der Waals surface area contributed by atoms with E-state index < -0.39 is 23.7 Å². The first-order valence-electron chi connectivity index (χ1n) is 8.23. The third-order valence-electron chi connectivity index (χ3n) is 4.24. The number of carbonyl (C=O) groups is 2. The van der Waals surface area contributed by atoms with Crippen molar-refractivity contribution in [3.05, 3.63) is 28.8 Å². The summed E-state index contributed by atoms with van der Waals surface area (Å²) in [5.74, 6) is -0.676. The third-order valence-corrected chi connectivity index (χ3v) is 5.65. The Morgan fingerprint density at radius 2 is 2.07 bits per heavy atom. The predicted molar refractivity (Wildman–Crippen MR) is 99.8 cm³/mol. The summed E-state index contributed by atoms with van der Waals surface area (Å²) >= 11 is 6.98. The molecule has 0 radical (unpaired) electrons. The lowest BCUT2D eigenvalue weighted by Gasteiger charge is -2.26. The minimum atomic E-state index is -4.53. The first-order valence-corrected chi connectivity index (χ1v) is 9.60. The summed E-state index contributed by atoms with van der Waals surface area (Å²) in [6.07, 6.45) is -1.02. The van der Waals surface area contributed by atoms with Gasteiger partial charge in [-0.1, -0.05) is 29.8 Å². The number of anilines is 1. The van der Waals surface area contributed by atoms with Gasteiger partial charge in [-0.05, 0) is 37.5 Å². The fraction of sp³-hybridized carbons (Fsp3) is 0.412. The molecule has 0 spiro atoms. The summed E-state index contributed by atoms with van der Waals surface area (Å²) in [5.41, 5.74) is -0.219. The number of alkyl halides is 3. The van der Waals surface area contributed by atoms with Crippen LogP contribution in [0.5, 0.6) is 0 Å². The molecule has 5 nitrogen and oxygen atoms in total. The van der Waals surface area contributed by atoms with Crippen molar-refractivity contribution >= 4 is 51.7 Å². The Balaban J connectivity index is 1.64. The molecule has 144 valence electrons. The lowest BCUT2D eigenvalue weighted by Crippen LogP contribution is -2.31. The van der Waals surface area contributed by atoms with Gasteiger partial charge in [0.25, 0.3) is 0 Å². The van der Waals surface area contributed by atoms with Crippen LogP contribution in [0.25, 0.3) is 0 Å². The Kier molecular flexibility index (Phi) is 5.90. The van der Waals surface area contributed by atoms with Gasteiger partial charge in [-0.25, -0.2) is 9.79 Å². The highest BCUT2D eigenvalue weighted by Crippen LogP contribution is 2.34. The van der Waals surface area contributed by atoms with E-state index in [9.17, 15) is 22.8 Å². The molecule has 1 aromatic carbocycles. The van der Waals surface area contributed by atoms with Crippen molar-refractivity contribution in [3.8, 4) is 0 Å².